The molecule has 1 N–H and O–H groups in total. The first-order chi connectivity index (χ1) is 28.1. The summed E-state index contributed by atoms with van der Waals surface area (Å²) in [5, 5.41) is 7.87. The minimum atomic E-state index is 0.0165. The predicted octanol–water partition coefficient (Wildman–Crippen LogP) is 11.5. The maximum absolute atomic E-state index is 5.31. The average molecular weight is 733 g/mol. The number of rotatable bonds is 6. The number of pyridine rings is 3. The predicted molar refractivity (Wildman–Crippen MR) is 235 cm³/mol. The standard InChI is InChI=1S/C51H36N6/c1-32(35-14-5-15-36(28-35)45-30-38-18-8-24-52-47(38)49-43(45)22-10-26-54-49)56-51(57-33(2)41-21-7-13-34-12-3-4-20-42(34)41)40-17-6-16-37(29-40)46-31-39-19-9-25-53-48(39)50-44(46)23-11-27-55-50/h3-31,48,53H,1H2,2H3/b56-51-,57-33+. The van der Waals surface area contributed by atoms with Crippen LogP contribution in [0.15, 0.2) is 199 Å². The molecule has 0 saturated carbocycles. The van der Waals surface area contributed by atoms with Crippen molar-refractivity contribution in [3.63, 3.8) is 0 Å². The van der Waals surface area contributed by atoms with E-state index in [2.05, 4.69) is 151 Å². The Morgan fingerprint density at radius 2 is 1.35 bits per heavy atom. The van der Waals surface area contributed by atoms with Gasteiger partial charge in [0, 0.05) is 57.3 Å². The van der Waals surface area contributed by atoms with E-state index in [-0.39, 0.29) is 6.04 Å². The molecule has 1 unspecified atom stereocenters. The topological polar surface area (TPSA) is 75.4 Å². The molecule has 2 aliphatic rings. The third-order valence-electron chi connectivity index (χ3n) is 10.8. The highest BCUT2D eigenvalue weighted by molar-refractivity contribution is 6.17. The highest BCUT2D eigenvalue weighted by Gasteiger charge is 2.27. The van der Waals surface area contributed by atoms with E-state index in [0.717, 1.165) is 88.5 Å². The van der Waals surface area contributed by atoms with E-state index in [0.29, 0.717) is 11.5 Å². The zero-order chi connectivity index (χ0) is 38.3. The third-order valence-corrected chi connectivity index (χ3v) is 10.8. The van der Waals surface area contributed by atoms with Gasteiger partial charge in [0.1, 0.15) is 0 Å². The molecule has 1 aliphatic heterocycles. The van der Waals surface area contributed by atoms with Gasteiger partial charge in [0.2, 0.25) is 0 Å². The molecule has 0 amide bonds. The van der Waals surface area contributed by atoms with E-state index < -0.39 is 0 Å². The molecule has 0 spiro atoms. The Bertz CT molecular complexity index is 3090. The summed E-state index contributed by atoms with van der Waals surface area (Å²) < 4.78 is 0. The van der Waals surface area contributed by atoms with E-state index in [1.807, 2.05) is 49.1 Å². The van der Waals surface area contributed by atoms with Crippen molar-refractivity contribution < 1.29 is 0 Å². The Hall–Kier alpha value is -7.57. The summed E-state index contributed by atoms with van der Waals surface area (Å²) in [6.45, 7) is 6.59. The highest BCUT2D eigenvalue weighted by Crippen LogP contribution is 2.40. The van der Waals surface area contributed by atoms with Crippen molar-refractivity contribution in [3.05, 3.63) is 222 Å². The number of dihydropyridines is 1. The molecule has 0 bridgehead atoms. The van der Waals surface area contributed by atoms with Crippen molar-refractivity contribution in [1.82, 2.24) is 20.3 Å². The van der Waals surface area contributed by atoms with Gasteiger partial charge in [0.05, 0.1) is 28.5 Å². The lowest BCUT2D eigenvalue weighted by molar-refractivity contribution is 0.688. The number of hydrogen-bond donors (Lipinski definition) is 1. The fraction of sp³-hybridized carbons (Fsp3) is 0.0392. The smallest absolute Gasteiger partial charge is 0.160 e. The van der Waals surface area contributed by atoms with Gasteiger partial charge in [0.15, 0.2) is 5.84 Å². The largest absolute Gasteiger partial charge is 0.379 e. The minimum absolute atomic E-state index is 0.0165. The summed E-state index contributed by atoms with van der Waals surface area (Å²) in [7, 11) is 0. The van der Waals surface area contributed by atoms with Crippen molar-refractivity contribution in [2.75, 3.05) is 0 Å². The van der Waals surface area contributed by atoms with E-state index in [1.54, 1.807) is 0 Å². The average Bonchev–Trinajstić information content (AvgIpc) is 3.28. The van der Waals surface area contributed by atoms with Crippen molar-refractivity contribution in [2.24, 2.45) is 9.98 Å². The van der Waals surface area contributed by atoms with E-state index >= 15 is 0 Å². The maximum atomic E-state index is 5.31. The van der Waals surface area contributed by atoms with Gasteiger partial charge in [-0.15, -0.1) is 0 Å². The lowest BCUT2D eigenvalue weighted by atomic mass is 9.83. The normalized spacial score (nSPS) is 15.1. The molecule has 270 valence electrons. The van der Waals surface area contributed by atoms with E-state index in [4.69, 9.17) is 20.0 Å². The number of aliphatic imine (C=N–C) groups is 2. The second-order valence-electron chi connectivity index (χ2n) is 14.3. The van der Waals surface area contributed by atoms with Gasteiger partial charge < -0.3 is 5.32 Å². The molecule has 3 aromatic heterocycles. The van der Waals surface area contributed by atoms with Crippen LogP contribution in [-0.2, 0) is 0 Å². The van der Waals surface area contributed by atoms with Gasteiger partial charge >= 0.3 is 0 Å². The number of aromatic nitrogens is 3. The fourth-order valence-electron chi connectivity index (χ4n) is 8.04. The SMILES string of the molecule is C=C(/N=C(\N=C(/C)c1cccc2ccccc12)c1cccc(C2=CC3=CC=CNC3c3ncccc32)c1)c1cccc(-c2cc3cccnc3c3ncccc23)c1. The van der Waals surface area contributed by atoms with Gasteiger partial charge in [0.25, 0.3) is 0 Å². The first-order valence-electron chi connectivity index (χ1n) is 19.0. The van der Waals surface area contributed by atoms with Crippen LogP contribution >= 0.6 is 0 Å². The van der Waals surface area contributed by atoms with Crippen molar-refractivity contribution in [3.8, 4) is 11.1 Å². The van der Waals surface area contributed by atoms with Crippen molar-refractivity contribution in [1.29, 1.82) is 0 Å². The second kappa shape index (κ2) is 14.3. The van der Waals surface area contributed by atoms with Crippen LogP contribution in [0.1, 0.15) is 46.5 Å². The number of nitrogens with one attached hydrogen (secondary N) is 1. The summed E-state index contributed by atoms with van der Waals surface area (Å²) in [4.78, 5) is 24.8. The fourth-order valence-corrected chi connectivity index (χ4v) is 8.04. The molecule has 1 aliphatic carbocycles. The molecule has 0 radical (unpaired) electrons. The highest BCUT2D eigenvalue weighted by atomic mass is 14.9. The number of allylic oxidation sites excluding steroid dienone is 2. The van der Waals surface area contributed by atoms with Crippen LogP contribution in [0.4, 0.5) is 0 Å². The summed E-state index contributed by atoms with van der Waals surface area (Å²) in [6.07, 6.45) is 13.9. The first-order valence-corrected chi connectivity index (χ1v) is 19.0. The molecule has 6 heteroatoms. The molecule has 10 rings (SSSR count). The van der Waals surface area contributed by atoms with Crippen LogP contribution in [0, 0.1) is 0 Å². The van der Waals surface area contributed by atoms with Crippen LogP contribution in [0.5, 0.6) is 0 Å². The molecule has 6 nitrogen and oxygen atoms in total. The van der Waals surface area contributed by atoms with Gasteiger partial charge in [-0.05, 0) is 100 Å². The molecule has 0 saturated heterocycles. The third kappa shape index (κ3) is 6.23. The van der Waals surface area contributed by atoms with E-state index in [1.165, 1.54) is 5.57 Å². The molecule has 5 aromatic carbocycles. The summed E-state index contributed by atoms with van der Waals surface area (Å²) in [6, 6.07) is 46.1. The Morgan fingerprint density at radius 1 is 0.632 bits per heavy atom. The summed E-state index contributed by atoms with van der Waals surface area (Å²) >= 11 is 0. The molecular weight excluding hydrogens is 697 g/mol. The molecule has 0 fully saturated rings. The summed E-state index contributed by atoms with van der Waals surface area (Å²) in [5.41, 5.74) is 13.6. The quantitative estimate of drug-likeness (QED) is 0.105. The van der Waals surface area contributed by atoms with E-state index in [9.17, 15) is 0 Å². The van der Waals surface area contributed by atoms with Gasteiger partial charge in [-0.2, -0.15) is 0 Å². The second-order valence-corrected chi connectivity index (χ2v) is 14.3. The van der Waals surface area contributed by atoms with Crippen molar-refractivity contribution in [2.45, 2.75) is 13.0 Å². The monoisotopic (exact) mass is 732 g/mol. The van der Waals surface area contributed by atoms with Crippen LogP contribution in [0.2, 0.25) is 0 Å². The summed E-state index contributed by atoms with van der Waals surface area (Å²) in [5.74, 6) is 0.575. The molecule has 1 atom stereocenters. The number of fused-ring (bicyclic) bond motifs is 7. The Labute approximate surface area is 330 Å². The molecule has 8 aromatic rings. The van der Waals surface area contributed by atoms with Crippen LogP contribution in [-0.4, -0.2) is 26.5 Å². The lowest BCUT2D eigenvalue weighted by Gasteiger charge is -2.29. The number of benzene rings is 5. The number of nitrogens with zero attached hydrogens (tertiary/aromatic N) is 5. The Kier molecular flexibility index (Phi) is 8.49. The zero-order valence-electron chi connectivity index (χ0n) is 31.3. The minimum Gasteiger partial charge on any atom is -0.379 e. The van der Waals surface area contributed by atoms with Gasteiger partial charge in [-0.25, -0.2) is 9.98 Å². The maximum Gasteiger partial charge on any atom is 0.160 e. The first kappa shape index (κ1) is 34.0. The lowest BCUT2D eigenvalue weighted by Crippen LogP contribution is -2.24. The van der Waals surface area contributed by atoms with Crippen LogP contribution < -0.4 is 5.32 Å². The number of hydrogen-bond acceptors (Lipinski definition) is 5. The number of amidine groups is 1. The van der Waals surface area contributed by atoms with Crippen LogP contribution in [0.3, 0.4) is 0 Å². The molecule has 4 heterocycles. The van der Waals surface area contributed by atoms with Gasteiger partial charge in [-0.3, -0.25) is 15.0 Å². The van der Waals surface area contributed by atoms with Gasteiger partial charge in [-0.1, -0.05) is 110 Å². The molecule has 57 heavy (non-hydrogen) atoms. The van der Waals surface area contributed by atoms with Crippen LogP contribution in [0.25, 0.3) is 55.0 Å². The van der Waals surface area contributed by atoms with Crippen molar-refractivity contribution >= 4 is 55.4 Å². The zero-order valence-corrected chi connectivity index (χ0v) is 31.3. The Morgan fingerprint density at radius 3 is 2.28 bits per heavy atom. The Balaban J connectivity index is 1.10. The molecular formula is C51H36N6.